The highest BCUT2D eigenvalue weighted by atomic mass is 32.2. The average Bonchev–Trinajstić information content (AvgIpc) is 2.41. The molecule has 0 bridgehead atoms. The first-order valence-electron chi connectivity index (χ1n) is 5.92. The Hall–Kier alpha value is -1.84. The summed E-state index contributed by atoms with van der Waals surface area (Å²) in [5.74, 6) is 1.63. The van der Waals surface area contributed by atoms with Crippen molar-refractivity contribution in [1.29, 1.82) is 0 Å². The number of carbonyl (C=O) groups excluding carboxylic acids is 1. The molecule has 0 aliphatic heterocycles. The number of nitrogens with zero attached hydrogens (tertiary/aromatic N) is 1. The van der Waals surface area contributed by atoms with Crippen molar-refractivity contribution in [2.45, 2.75) is 12.5 Å². The van der Waals surface area contributed by atoms with E-state index in [2.05, 4.69) is 5.92 Å². The molecule has 0 aliphatic carbocycles. The monoisotopic (exact) mass is 295 g/mol. The van der Waals surface area contributed by atoms with Gasteiger partial charge in [0.15, 0.2) is 0 Å². The number of sulfonamides is 1. The minimum atomic E-state index is -3.61. The quantitative estimate of drug-likeness (QED) is 0.571. The molecule has 0 aromatic heterocycles. The van der Waals surface area contributed by atoms with Gasteiger partial charge in [-0.15, -0.1) is 6.42 Å². The molecule has 1 rings (SSSR count). The molecule has 0 radical (unpaired) electrons. The lowest BCUT2D eigenvalue weighted by Gasteiger charge is -2.26. The topological polar surface area (TPSA) is 63.7 Å². The summed E-state index contributed by atoms with van der Waals surface area (Å²) in [6.07, 6.45) is 6.42. The maximum absolute atomic E-state index is 11.9. The summed E-state index contributed by atoms with van der Waals surface area (Å²) in [4.78, 5) is 11.9. The smallest absolute Gasteiger partial charge is 0.324 e. The van der Waals surface area contributed by atoms with Crippen molar-refractivity contribution in [3.63, 3.8) is 0 Å². The van der Waals surface area contributed by atoms with E-state index in [9.17, 15) is 13.2 Å². The second-order valence-electron chi connectivity index (χ2n) is 4.24. The molecule has 0 saturated carbocycles. The van der Waals surface area contributed by atoms with Crippen molar-refractivity contribution in [3.05, 3.63) is 35.9 Å². The first-order chi connectivity index (χ1) is 9.40. The van der Waals surface area contributed by atoms with E-state index in [0.29, 0.717) is 0 Å². The number of hydrogen-bond acceptors (Lipinski definition) is 4. The normalized spacial score (nSPS) is 12.7. The van der Waals surface area contributed by atoms with E-state index in [1.807, 2.05) is 30.3 Å². The molecule has 0 aliphatic rings. The van der Waals surface area contributed by atoms with Crippen LogP contribution in [0.15, 0.2) is 30.3 Å². The Balaban J connectivity index is 3.11. The van der Waals surface area contributed by atoms with Gasteiger partial charge in [0.1, 0.15) is 6.04 Å². The third-order valence-electron chi connectivity index (χ3n) is 2.77. The van der Waals surface area contributed by atoms with Crippen LogP contribution in [0.3, 0.4) is 0 Å². The van der Waals surface area contributed by atoms with Gasteiger partial charge in [0.05, 0.1) is 19.9 Å². The third kappa shape index (κ3) is 4.37. The molecule has 0 spiro atoms. The number of esters is 1. The van der Waals surface area contributed by atoms with Crippen molar-refractivity contribution in [3.8, 4) is 12.3 Å². The second-order valence-corrected chi connectivity index (χ2v) is 6.18. The molecule has 1 aromatic carbocycles. The maximum Gasteiger partial charge on any atom is 0.324 e. The van der Waals surface area contributed by atoms with E-state index >= 15 is 0 Å². The van der Waals surface area contributed by atoms with Gasteiger partial charge < -0.3 is 4.74 Å². The molecule has 1 aromatic rings. The zero-order valence-corrected chi connectivity index (χ0v) is 12.3. The SMILES string of the molecule is C#CCN([C@H](Cc1ccccc1)C(=O)OC)S(C)(=O)=O. The van der Waals surface area contributed by atoms with Crippen molar-refractivity contribution < 1.29 is 17.9 Å². The molecule has 0 saturated heterocycles. The van der Waals surface area contributed by atoms with Crippen molar-refractivity contribution >= 4 is 16.0 Å². The van der Waals surface area contributed by atoms with Crippen LogP contribution in [0.4, 0.5) is 0 Å². The van der Waals surface area contributed by atoms with Crippen LogP contribution in [0.1, 0.15) is 5.56 Å². The summed E-state index contributed by atoms with van der Waals surface area (Å²) in [7, 11) is -2.39. The van der Waals surface area contributed by atoms with Gasteiger partial charge in [0, 0.05) is 0 Å². The molecule has 0 amide bonds. The third-order valence-corrected chi connectivity index (χ3v) is 4.00. The van der Waals surface area contributed by atoms with Crippen molar-refractivity contribution in [2.24, 2.45) is 0 Å². The van der Waals surface area contributed by atoms with Crippen LogP contribution in [-0.2, 0) is 26.0 Å². The summed E-state index contributed by atoms with van der Waals surface area (Å²) in [6, 6.07) is 8.13. The Bertz CT molecular complexity index is 589. The number of rotatable bonds is 6. The Morgan fingerprint density at radius 3 is 2.45 bits per heavy atom. The van der Waals surface area contributed by atoms with E-state index in [0.717, 1.165) is 16.1 Å². The molecule has 20 heavy (non-hydrogen) atoms. The van der Waals surface area contributed by atoms with Gasteiger partial charge in [0.2, 0.25) is 10.0 Å². The highest BCUT2D eigenvalue weighted by Crippen LogP contribution is 2.13. The van der Waals surface area contributed by atoms with Crippen LogP contribution < -0.4 is 0 Å². The van der Waals surface area contributed by atoms with E-state index in [4.69, 9.17) is 11.2 Å². The summed E-state index contributed by atoms with van der Waals surface area (Å²) in [6.45, 7) is -0.175. The van der Waals surface area contributed by atoms with Crippen LogP contribution in [0.25, 0.3) is 0 Å². The minimum absolute atomic E-state index is 0.175. The molecule has 0 fully saturated rings. The molecule has 0 heterocycles. The maximum atomic E-state index is 11.9. The first-order valence-corrected chi connectivity index (χ1v) is 7.77. The lowest BCUT2D eigenvalue weighted by atomic mass is 10.1. The van der Waals surface area contributed by atoms with E-state index < -0.39 is 22.0 Å². The predicted octanol–water partition coefficient (Wildman–Crippen LogP) is 0.665. The fourth-order valence-corrected chi connectivity index (χ4v) is 2.76. The van der Waals surface area contributed by atoms with Gasteiger partial charge in [0.25, 0.3) is 0 Å². The number of hydrogen-bond donors (Lipinski definition) is 0. The van der Waals surface area contributed by atoms with Crippen LogP contribution in [0.2, 0.25) is 0 Å². The zero-order chi connectivity index (χ0) is 15.2. The summed E-state index contributed by atoms with van der Waals surface area (Å²) >= 11 is 0. The summed E-state index contributed by atoms with van der Waals surface area (Å²) < 4.78 is 29.3. The van der Waals surface area contributed by atoms with Gasteiger partial charge in [-0.1, -0.05) is 36.3 Å². The fourth-order valence-electron chi connectivity index (χ4n) is 1.82. The molecule has 0 N–H and O–H groups in total. The summed E-state index contributed by atoms with van der Waals surface area (Å²) in [5.41, 5.74) is 0.827. The Morgan fingerprint density at radius 1 is 1.40 bits per heavy atom. The molecule has 6 heteroatoms. The van der Waals surface area contributed by atoms with E-state index in [1.54, 1.807) is 0 Å². The fraction of sp³-hybridized carbons (Fsp3) is 0.357. The van der Waals surface area contributed by atoms with Crippen molar-refractivity contribution in [1.82, 2.24) is 4.31 Å². The Kier molecular flexibility index (Phi) is 5.74. The second kappa shape index (κ2) is 7.08. The highest BCUT2D eigenvalue weighted by molar-refractivity contribution is 7.88. The molecule has 1 atom stereocenters. The standard InChI is InChI=1S/C14H17NO4S/c1-4-10-15(20(3,17)18)13(14(16)19-2)11-12-8-6-5-7-9-12/h1,5-9,13H,10-11H2,2-3H3/t13-/m1/s1. The van der Waals surface area contributed by atoms with Crippen LogP contribution in [0, 0.1) is 12.3 Å². The van der Waals surface area contributed by atoms with E-state index in [-0.39, 0.29) is 13.0 Å². The predicted molar refractivity (Wildman–Crippen MR) is 76.3 cm³/mol. The van der Waals surface area contributed by atoms with Crippen LogP contribution >= 0.6 is 0 Å². The van der Waals surface area contributed by atoms with Crippen molar-refractivity contribution in [2.75, 3.05) is 19.9 Å². The number of methoxy groups -OCH3 is 1. The molecule has 5 nitrogen and oxygen atoms in total. The van der Waals surface area contributed by atoms with Crippen LogP contribution in [0.5, 0.6) is 0 Å². The molecule has 0 unspecified atom stereocenters. The largest absolute Gasteiger partial charge is 0.468 e. The lowest BCUT2D eigenvalue weighted by Crippen LogP contribution is -2.46. The summed E-state index contributed by atoms with van der Waals surface area (Å²) in [5, 5.41) is 0. The van der Waals surface area contributed by atoms with Crippen LogP contribution in [-0.4, -0.2) is 44.6 Å². The van der Waals surface area contributed by atoms with Gasteiger partial charge in [-0.3, -0.25) is 4.79 Å². The lowest BCUT2D eigenvalue weighted by molar-refractivity contribution is -0.145. The highest BCUT2D eigenvalue weighted by Gasteiger charge is 2.32. The Morgan fingerprint density at radius 2 is 2.00 bits per heavy atom. The number of carbonyl (C=O) groups is 1. The number of ether oxygens (including phenoxy) is 1. The Labute approximate surface area is 119 Å². The number of benzene rings is 1. The van der Waals surface area contributed by atoms with E-state index in [1.165, 1.54) is 7.11 Å². The minimum Gasteiger partial charge on any atom is -0.468 e. The molecular formula is C14H17NO4S. The average molecular weight is 295 g/mol. The van der Waals surface area contributed by atoms with Gasteiger partial charge in [-0.05, 0) is 12.0 Å². The zero-order valence-electron chi connectivity index (χ0n) is 11.4. The molecular weight excluding hydrogens is 278 g/mol. The first kappa shape index (κ1) is 16.2. The number of terminal acetylenes is 1. The van der Waals surface area contributed by atoms with Gasteiger partial charge in [-0.2, -0.15) is 4.31 Å². The van der Waals surface area contributed by atoms with Gasteiger partial charge >= 0.3 is 5.97 Å². The van der Waals surface area contributed by atoms with Gasteiger partial charge in [-0.25, -0.2) is 8.42 Å². The molecule has 108 valence electrons.